The highest BCUT2D eigenvalue weighted by Crippen LogP contribution is 2.49. The van der Waals surface area contributed by atoms with E-state index in [1.165, 1.54) is 77.0 Å². The van der Waals surface area contributed by atoms with Crippen LogP contribution in [-0.2, 0) is 29.1 Å². The highest BCUT2D eigenvalue weighted by Gasteiger charge is 2.36. The number of fused-ring (bicyclic) bond motifs is 2. The molecule has 80 heavy (non-hydrogen) atoms. The number of rotatable bonds is 41. The van der Waals surface area contributed by atoms with Crippen LogP contribution in [0.25, 0.3) is 5.57 Å². The zero-order valence-corrected chi connectivity index (χ0v) is 47.8. The number of aromatic nitrogens is 2. The number of benzene rings is 2. The van der Waals surface area contributed by atoms with Gasteiger partial charge in [-0.05, 0) is 86.1 Å². The molecule has 2 aromatic heterocycles. The molecule has 15 nitrogen and oxygen atoms in total. The summed E-state index contributed by atoms with van der Waals surface area (Å²) in [6.45, 7) is 7.31. The third kappa shape index (κ3) is 20.6. The van der Waals surface area contributed by atoms with Crippen LogP contribution in [0.3, 0.4) is 0 Å². The molecule has 0 radical (unpaired) electrons. The molecule has 6 rings (SSSR count). The van der Waals surface area contributed by atoms with Crippen molar-refractivity contribution < 1.29 is 44.7 Å². The van der Waals surface area contributed by atoms with Gasteiger partial charge >= 0.3 is 17.9 Å². The van der Waals surface area contributed by atoms with Crippen LogP contribution >= 0.6 is 0 Å². The number of unbranched alkanes of at least 4 members (excludes halogenated alkanes) is 18. The summed E-state index contributed by atoms with van der Waals surface area (Å²) in [7, 11) is 0. The lowest BCUT2D eigenvalue weighted by Crippen LogP contribution is -2.36. The minimum absolute atomic E-state index is 0.00888. The number of phenolic OH excluding ortho intramolecular Hbond substituents is 1. The molecule has 0 saturated heterocycles. The van der Waals surface area contributed by atoms with Gasteiger partial charge in [0.25, 0.3) is 0 Å². The van der Waals surface area contributed by atoms with E-state index in [0.717, 1.165) is 75.7 Å². The first-order chi connectivity index (χ1) is 38.9. The van der Waals surface area contributed by atoms with Gasteiger partial charge < -0.3 is 35.6 Å². The number of hydrogen-bond donors (Lipinski definition) is 6. The maximum Gasteiger partial charge on any atom is 0.336 e. The third-order valence-electron chi connectivity index (χ3n) is 15.3. The lowest BCUT2D eigenvalue weighted by Gasteiger charge is -2.34. The molecule has 15 heteroatoms. The molecule has 0 saturated carbocycles. The van der Waals surface area contributed by atoms with Crippen LogP contribution in [0.2, 0.25) is 0 Å². The normalized spacial score (nSPS) is 14.0. The molecule has 3 heterocycles. The van der Waals surface area contributed by atoms with Gasteiger partial charge in [-0.25, -0.2) is 4.79 Å². The number of aliphatic hydroxyl groups is 1. The van der Waals surface area contributed by atoms with E-state index in [9.17, 15) is 39.9 Å². The molecule has 1 unspecified atom stereocenters. The number of aliphatic hydroxyl groups excluding tert-OH is 1. The fourth-order valence-corrected chi connectivity index (χ4v) is 10.9. The van der Waals surface area contributed by atoms with Crippen LogP contribution in [0, 0.1) is 0 Å². The first kappa shape index (κ1) is 62.8. The lowest BCUT2D eigenvalue weighted by atomic mass is 9.82. The minimum Gasteiger partial charge on any atom is -0.507 e. The number of carbonyl (C=O) groups is 3. The van der Waals surface area contributed by atoms with Gasteiger partial charge in [0.1, 0.15) is 17.3 Å². The third-order valence-corrected chi connectivity index (χ3v) is 15.3. The van der Waals surface area contributed by atoms with E-state index < -0.39 is 24.0 Å². The summed E-state index contributed by atoms with van der Waals surface area (Å²) in [5.41, 5.74) is 5.11. The first-order valence-corrected chi connectivity index (χ1v) is 29.8. The number of pyridine rings is 2. The van der Waals surface area contributed by atoms with Gasteiger partial charge in [-0.1, -0.05) is 154 Å². The molecular weight excluding hydrogens is 1010 g/mol. The maximum absolute atomic E-state index is 13.4. The molecule has 1 aliphatic carbocycles. The predicted octanol–water partition coefficient (Wildman–Crippen LogP) is 12.5. The van der Waals surface area contributed by atoms with Crippen molar-refractivity contribution in [3.8, 4) is 11.5 Å². The highest BCUT2D eigenvalue weighted by atomic mass is 16.5. The Balaban J connectivity index is 1.34. The highest BCUT2D eigenvalue weighted by molar-refractivity contribution is 6.01. The zero-order chi connectivity index (χ0) is 56.9. The lowest BCUT2D eigenvalue weighted by molar-refractivity contribution is -0.139. The molecule has 0 amide bonds. The van der Waals surface area contributed by atoms with Gasteiger partial charge in [0.15, 0.2) is 0 Å². The van der Waals surface area contributed by atoms with Gasteiger partial charge in [0.2, 0.25) is 0 Å². The van der Waals surface area contributed by atoms with Crippen LogP contribution in [-0.4, -0.2) is 127 Å². The summed E-state index contributed by atoms with van der Waals surface area (Å²) in [6.07, 6.45) is 29.0. The van der Waals surface area contributed by atoms with E-state index in [1.807, 2.05) is 42.5 Å². The van der Waals surface area contributed by atoms with Crippen molar-refractivity contribution in [2.45, 2.75) is 168 Å². The average Bonchev–Trinajstić information content (AvgIpc) is 3.63. The van der Waals surface area contributed by atoms with Crippen LogP contribution < -0.4 is 10.1 Å². The molecule has 2 aliphatic rings. The fraction of sp³-hybridized carbons (Fsp3) is 0.523. The summed E-state index contributed by atoms with van der Waals surface area (Å²) in [4.78, 5) is 53.3. The van der Waals surface area contributed by atoms with E-state index in [-0.39, 0.29) is 49.0 Å². The quantitative estimate of drug-likeness (QED) is 0.0228. The Morgan fingerprint density at radius 2 is 1.16 bits per heavy atom. The SMILES string of the molecule is CCCCCCCCCCCCN(CC(=O)O)CC1=C2Oc3c(ccc(O)c3CN(CCCCCCCCCCCC)CC(=O)O)C(c3cc(NCCN(CCc4ccccn4)Cc4ccccn4)ccc3C(=O)O)=C2C=CC1O. The van der Waals surface area contributed by atoms with E-state index in [2.05, 4.69) is 34.0 Å². The van der Waals surface area contributed by atoms with Crippen molar-refractivity contribution in [2.24, 2.45) is 0 Å². The molecule has 0 spiro atoms. The Morgan fingerprint density at radius 3 is 1.71 bits per heavy atom. The largest absolute Gasteiger partial charge is 0.507 e. The number of hydrogen-bond acceptors (Lipinski definition) is 12. The topological polar surface area (TPSA) is 209 Å². The van der Waals surface area contributed by atoms with Gasteiger partial charge in [0, 0.05) is 91.7 Å². The summed E-state index contributed by atoms with van der Waals surface area (Å²) in [6, 6.07) is 20.1. The summed E-state index contributed by atoms with van der Waals surface area (Å²) < 4.78 is 6.95. The van der Waals surface area contributed by atoms with Gasteiger partial charge in [-0.15, -0.1) is 0 Å². The number of carboxylic acids is 3. The number of ether oxygens (including phenoxy) is 1. The predicted molar refractivity (Wildman–Crippen MR) is 317 cm³/mol. The van der Waals surface area contributed by atoms with Crippen molar-refractivity contribution in [1.82, 2.24) is 24.7 Å². The van der Waals surface area contributed by atoms with E-state index in [0.29, 0.717) is 71.8 Å². The number of nitrogens with zero attached hydrogens (tertiary/aromatic N) is 5. The van der Waals surface area contributed by atoms with Gasteiger partial charge in [-0.3, -0.25) is 34.3 Å². The molecule has 0 bridgehead atoms. The van der Waals surface area contributed by atoms with Crippen molar-refractivity contribution in [2.75, 3.05) is 57.7 Å². The Morgan fingerprint density at radius 1 is 0.600 bits per heavy atom. The van der Waals surface area contributed by atoms with E-state index >= 15 is 0 Å². The molecule has 6 N–H and O–H groups in total. The van der Waals surface area contributed by atoms with Crippen LogP contribution in [0.5, 0.6) is 11.5 Å². The number of aromatic hydroxyl groups is 1. The number of carboxylic acid groups (broad SMARTS) is 3. The Labute approximate surface area is 475 Å². The zero-order valence-electron chi connectivity index (χ0n) is 47.8. The van der Waals surface area contributed by atoms with Gasteiger partial charge in [-0.2, -0.15) is 0 Å². The Kier molecular flexibility index (Phi) is 27.2. The second kappa shape index (κ2) is 34.7. The average molecular weight is 1100 g/mol. The Bertz CT molecular complexity index is 2640. The van der Waals surface area contributed by atoms with Crippen molar-refractivity contribution in [3.05, 3.63) is 142 Å². The molecule has 434 valence electrons. The number of anilines is 1. The maximum atomic E-state index is 13.4. The number of aliphatic carboxylic acids is 2. The number of phenols is 1. The fourth-order valence-electron chi connectivity index (χ4n) is 10.9. The van der Waals surface area contributed by atoms with E-state index in [4.69, 9.17) is 4.74 Å². The van der Waals surface area contributed by atoms with Crippen LogP contribution in [0.15, 0.2) is 108 Å². The smallest absolute Gasteiger partial charge is 0.336 e. The Hall–Kier alpha value is -6.39. The summed E-state index contributed by atoms with van der Waals surface area (Å²) >= 11 is 0. The standard InChI is InChI=1S/C65H90N6O9/c1-3-5-7-9-11-13-15-17-19-25-39-70(47-60(74)75)45-56-58(72)33-31-53-62(54-32-34-59(73)57(64(54)80-63(53)56)46-71(48-61(76)77)40-26-20-18-16-14-12-10-8-6-4-2)55-43-50(29-30-52(55)65(78)79)68-38-42-69(44-51-28-22-24-37-67-51)41-35-49-27-21-23-36-66-49/h21-24,27-34,36-37,43,58,68,72-73H,3-20,25-26,35,38-42,44-48H2,1-2H3,(H,74,75)(H,76,77)(H,78,79). The molecule has 4 aromatic rings. The number of aromatic carboxylic acids is 1. The summed E-state index contributed by atoms with van der Waals surface area (Å²) in [5, 5.41) is 58.6. The molecule has 2 aromatic carbocycles. The van der Waals surface area contributed by atoms with Crippen LogP contribution in [0.1, 0.15) is 181 Å². The molecule has 0 fully saturated rings. The van der Waals surface area contributed by atoms with Crippen molar-refractivity contribution in [1.29, 1.82) is 0 Å². The van der Waals surface area contributed by atoms with Crippen LogP contribution in [0.4, 0.5) is 5.69 Å². The van der Waals surface area contributed by atoms with E-state index in [1.54, 1.807) is 58.6 Å². The monoisotopic (exact) mass is 1100 g/mol. The molecule has 1 atom stereocenters. The van der Waals surface area contributed by atoms with Crippen molar-refractivity contribution >= 4 is 29.2 Å². The second-order valence-corrected chi connectivity index (χ2v) is 21.7. The molecular formula is C65H90N6O9. The minimum atomic E-state index is -1.18. The number of allylic oxidation sites excluding steroid dienone is 1. The second-order valence-electron chi connectivity index (χ2n) is 21.7. The molecule has 1 aliphatic heterocycles. The number of nitrogens with one attached hydrogen (secondary N) is 1. The first-order valence-electron chi connectivity index (χ1n) is 29.8. The van der Waals surface area contributed by atoms with Crippen molar-refractivity contribution in [3.63, 3.8) is 0 Å². The van der Waals surface area contributed by atoms with Gasteiger partial charge in [0.05, 0.1) is 36.0 Å². The summed E-state index contributed by atoms with van der Waals surface area (Å²) in [5.74, 6) is -2.86.